The molecule has 0 N–H and O–H groups in total. The second-order valence-corrected chi connectivity index (χ2v) is 3.98. The number of likely N-dealkylation sites (tertiary alicyclic amines) is 1. The van der Waals surface area contributed by atoms with Gasteiger partial charge < -0.3 is 4.90 Å². The molecule has 0 saturated carbocycles. The Kier molecular flexibility index (Phi) is 3.11. The smallest absolute Gasteiger partial charge is 0.0712 e. The van der Waals surface area contributed by atoms with Crippen LogP contribution in [-0.2, 0) is 0 Å². The average Bonchev–Trinajstić information content (AvgIpc) is 2.45. The minimum atomic E-state index is -0.00917. The zero-order valence-corrected chi connectivity index (χ0v) is 8.14. The van der Waals surface area contributed by atoms with Crippen molar-refractivity contribution in [2.75, 3.05) is 20.1 Å². The lowest BCUT2D eigenvalue weighted by atomic mass is 9.84. The standard InChI is InChI=1S/C10H18N2/c1-3-4-5-10(8-11)6-7-12(2)9-10/h3-7,9H2,1-2H3. The molecule has 0 amide bonds. The lowest BCUT2D eigenvalue weighted by Crippen LogP contribution is -2.23. The summed E-state index contributed by atoms with van der Waals surface area (Å²) in [4.78, 5) is 2.26. The molecule has 2 nitrogen and oxygen atoms in total. The van der Waals surface area contributed by atoms with Crippen molar-refractivity contribution < 1.29 is 0 Å². The van der Waals surface area contributed by atoms with E-state index in [2.05, 4.69) is 24.9 Å². The first-order valence-electron chi connectivity index (χ1n) is 4.82. The fraction of sp³-hybridized carbons (Fsp3) is 0.900. The molecule has 68 valence electrons. The molecule has 2 heteroatoms. The molecule has 1 aliphatic rings. The minimum absolute atomic E-state index is 0.00917. The maximum Gasteiger partial charge on any atom is 0.0712 e. The summed E-state index contributed by atoms with van der Waals surface area (Å²) in [5.74, 6) is 0. The highest BCUT2D eigenvalue weighted by molar-refractivity contribution is 5.04. The van der Waals surface area contributed by atoms with Gasteiger partial charge in [-0.15, -0.1) is 0 Å². The van der Waals surface area contributed by atoms with E-state index in [1.807, 2.05) is 0 Å². The third-order valence-corrected chi connectivity index (χ3v) is 2.79. The second-order valence-electron chi connectivity index (χ2n) is 3.98. The highest BCUT2D eigenvalue weighted by Crippen LogP contribution is 2.33. The predicted molar refractivity (Wildman–Crippen MR) is 49.7 cm³/mol. The van der Waals surface area contributed by atoms with Crippen LogP contribution >= 0.6 is 0 Å². The third kappa shape index (κ3) is 1.98. The van der Waals surface area contributed by atoms with Crippen LogP contribution in [0.3, 0.4) is 0 Å². The van der Waals surface area contributed by atoms with Gasteiger partial charge in [-0.1, -0.05) is 19.8 Å². The number of rotatable bonds is 3. The van der Waals surface area contributed by atoms with Gasteiger partial charge >= 0.3 is 0 Å². The Bertz CT molecular complexity index is 183. The van der Waals surface area contributed by atoms with Crippen molar-refractivity contribution in [3.8, 4) is 6.07 Å². The minimum Gasteiger partial charge on any atom is -0.305 e. The molecule has 0 aromatic carbocycles. The van der Waals surface area contributed by atoms with Gasteiger partial charge in [-0.05, 0) is 26.4 Å². The molecular weight excluding hydrogens is 148 g/mol. The third-order valence-electron chi connectivity index (χ3n) is 2.79. The van der Waals surface area contributed by atoms with E-state index in [1.165, 1.54) is 12.8 Å². The molecule has 0 bridgehead atoms. The van der Waals surface area contributed by atoms with Crippen molar-refractivity contribution in [1.82, 2.24) is 4.90 Å². The second kappa shape index (κ2) is 3.91. The molecule has 1 aliphatic heterocycles. The molecule has 1 fully saturated rings. The summed E-state index contributed by atoms with van der Waals surface area (Å²) in [5, 5.41) is 9.08. The van der Waals surface area contributed by atoms with Gasteiger partial charge in [-0.25, -0.2) is 0 Å². The quantitative estimate of drug-likeness (QED) is 0.641. The summed E-state index contributed by atoms with van der Waals surface area (Å²) in [6.07, 6.45) is 4.55. The number of nitrogens with zero attached hydrogens (tertiary/aromatic N) is 2. The number of hydrogen-bond donors (Lipinski definition) is 0. The van der Waals surface area contributed by atoms with E-state index in [0.29, 0.717) is 0 Å². The molecule has 1 unspecified atom stereocenters. The van der Waals surface area contributed by atoms with E-state index in [9.17, 15) is 0 Å². The van der Waals surface area contributed by atoms with Gasteiger partial charge in [0.2, 0.25) is 0 Å². The van der Waals surface area contributed by atoms with Crippen molar-refractivity contribution in [3.63, 3.8) is 0 Å². The van der Waals surface area contributed by atoms with Gasteiger partial charge in [0.05, 0.1) is 11.5 Å². The maximum atomic E-state index is 9.08. The van der Waals surface area contributed by atoms with E-state index in [0.717, 1.165) is 25.9 Å². The molecule has 1 saturated heterocycles. The van der Waals surface area contributed by atoms with E-state index in [4.69, 9.17) is 5.26 Å². The van der Waals surface area contributed by atoms with Gasteiger partial charge in [-0.2, -0.15) is 5.26 Å². The molecule has 0 radical (unpaired) electrons. The molecule has 0 aromatic heterocycles. The molecular formula is C10H18N2. The van der Waals surface area contributed by atoms with E-state index < -0.39 is 0 Å². The summed E-state index contributed by atoms with van der Waals surface area (Å²) in [7, 11) is 2.10. The zero-order valence-electron chi connectivity index (χ0n) is 8.14. The summed E-state index contributed by atoms with van der Waals surface area (Å²) in [6, 6.07) is 2.50. The van der Waals surface area contributed by atoms with Gasteiger partial charge in [-0.3, -0.25) is 0 Å². The summed E-state index contributed by atoms with van der Waals surface area (Å²) >= 11 is 0. The van der Waals surface area contributed by atoms with Crippen LogP contribution in [0, 0.1) is 16.7 Å². The van der Waals surface area contributed by atoms with Gasteiger partial charge in [0.15, 0.2) is 0 Å². The normalized spacial score (nSPS) is 30.4. The van der Waals surface area contributed by atoms with Crippen molar-refractivity contribution in [3.05, 3.63) is 0 Å². The van der Waals surface area contributed by atoms with Gasteiger partial charge in [0.1, 0.15) is 0 Å². The SMILES string of the molecule is CCCCC1(C#N)CCN(C)C1. The molecule has 0 spiro atoms. The maximum absolute atomic E-state index is 9.08. The first-order chi connectivity index (χ1) is 5.72. The summed E-state index contributed by atoms with van der Waals surface area (Å²) in [6.45, 7) is 4.25. The van der Waals surface area contributed by atoms with Crippen LogP contribution in [-0.4, -0.2) is 25.0 Å². The highest BCUT2D eigenvalue weighted by atomic mass is 15.1. The van der Waals surface area contributed by atoms with Crippen molar-refractivity contribution >= 4 is 0 Å². The molecule has 1 rings (SSSR count). The van der Waals surface area contributed by atoms with Crippen LogP contribution in [0.15, 0.2) is 0 Å². The Balaban J connectivity index is 2.48. The molecule has 1 heterocycles. The fourth-order valence-corrected chi connectivity index (χ4v) is 1.95. The Hall–Kier alpha value is -0.550. The van der Waals surface area contributed by atoms with Crippen LogP contribution < -0.4 is 0 Å². The van der Waals surface area contributed by atoms with Crippen molar-refractivity contribution in [2.24, 2.45) is 5.41 Å². The number of unbranched alkanes of at least 4 members (excludes halogenated alkanes) is 1. The predicted octanol–water partition coefficient (Wildman–Crippen LogP) is 2.02. The van der Waals surface area contributed by atoms with Gasteiger partial charge in [0.25, 0.3) is 0 Å². The Labute approximate surface area is 75.2 Å². The van der Waals surface area contributed by atoms with Gasteiger partial charge in [0, 0.05) is 6.54 Å². The van der Waals surface area contributed by atoms with Crippen LogP contribution in [0.25, 0.3) is 0 Å². The zero-order chi connectivity index (χ0) is 9.03. The highest BCUT2D eigenvalue weighted by Gasteiger charge is 2.35. The molecule has 12 heavy (non-hydrogen) atoms. The summed E-state index contributed by atoms with van der Waals surface area (Å²) < 4.78 is 0. The van der Waals surface area contributed by atoms with E-state index >= 15 is 0 Å². The van der Waals surface area contributed by atoms with Crippen LogP contribution in [0.4, 0.5) is 0 Å². The van der Waals surface area contributed by atoms with Crippen molar-refractivity contribution in [1.29, 1.82) is 5.26 Å². The lowest BCUT2D eigenvalue weighted by molar-refractivity contribution is 0.329. The fourth-order valence-electron chi connectivity index (χ4n) is 1.95. The Morgan fingerprint density at radius 3 is 2.75 bits per heavy atom. The Morgan fingerprint density at radius 2 is 2.33 bits per heavy atom. The molecule has 0 aromatic rings. The molecule has 1 atom stereocenters. The first kappa shape index (κ1) is 9.54. The van der Waals surface area contributed by atoms with Crippen LogP contribution in [0.5, 0.6) is 0 Å². The summed E-state index contributed by atoms with van der Waals surface area (Å²) in [5.41, 5.74) is -0.00917. The topological polar surface area (TPSA) is 27.0 Å². The lowest BCUT2D eigenvalue weighted by Gasteiger charge is -2.19. The van der Waals surface area contributed by atoms with E-state index in [-0.39, 0.29) is 5.41 Å². The number of hydrogen-bond acceptors (Lipinski definition) is 2. The molecule has 0 aliphatic carbocycles. The van der Waals surface area contributed by atoms with E-state index in [1.54, 1.807) is 0 Å². The largest absolute Gasteiger partial charge is 0.305 e. The average molecular weight is 166 g/mol. The number of nitriles is 1. The Morgan fingerprint density at radius 1 is 1.58 bits per heavy atom. The first-order valence-corrected chi connectivity index (χ1v) is 4.82. The van der Waals surface area contributed by atoms with Crippen LogP contribution in [0.1, 0.15) is 32.6 Å². The monoisotopic (exact) mass is 166 g/mol. The van der Waals surface area contributed by atoms with Crippen molar-refractivity contribution in [2.45, 2.75) is 32.6 Å². The van der Waals surface area contributed by atoms with Crippen LogP contribution in [0.2, 0.25) is 0 Å².